The van der Waals surface area contributed by atoms with Crippen LogP contribution in [0.4, 0.5) is 5.69 Å². The lowest BCUT2D eigenvalue weighted by molar-refractivity contribution is -0.384. The van der Waals surface area contributed by atoms with Crippen molar-refractivity contribution in [1.82, 2.24) is 5.43 Å². The van der Waals surface area contributed by atoms with Crippen LogP contribution in [0.25, 0.3) is 0 Å². The van der Waals surface area contributed by atoms with Crippen molar-refractivity contribution in [1.29, 1.82) is 0 Å². The number of amides is 1. The molecule has 7 heteroatoms. The summed E-state index contributed by atoms with van der Waals surface area (Å²) in [6.07, 6.45) is 0. The lowest BCUT2D eigenvalue weighted by Crippen LogP contribution is -2.20. The van der Waals surface area contributed by atoms with Crippen molar-refractivity contribution < 1.29 is 9.72 Å². The van der Waals surface area contributed by atoms with Crippen LogP contribution in [-0.2, 0) is 0 Å². The van der Waals surface area contributed by atoms with E-state index in [-0.39, 0.29) is 11.6 Å². The van der Waals surface area contributed by atoms with Gasteiger partial charge in [-0.3, -0.25) is 14.9 Å². The topological polar surface area (TPSA) is 84.6 Å². The minimum atomic E-state index is -0.471. The molecule has 6 nitrogen and oxygen atoms in total. The zero-order valence-electron chi connectivity index (χ0n) is 11.6. The molecule has 0 unspecified atom stereocenters. The SMILES string of the molecule is C/C(=N/NC(=O)c1ccccc1I)c1cccc([N+](=O)[O-])c1. The highest BCUT2D eigenvalue weighted by molar-refractivity contribution is 14.1. The highest BCUT2D eigenvalue weighted by Crippen LogP contribution is 2.14. The highest BCUT2D eigenvalue weighted by Gasteiger charge is 2.10. The smallest absolute Gasteiger partial charge is 0.267 e. The average molecular weight is 409 g/mol. The maximum absolute atomic E-state index is 12.0. The fourth-order valence-electron chi connectivity index (χ4n) is 1.75. The van der Waals surface area contributed by atoms with Crippen LogP contribution in [0.1, 0.15) is 22.8 Å². The van der Waals surface area contributed by atoms with Gasteiger partial charge in [-0.25, -0.2) is 5.43 Å². The molecule has 2 aromatic rings. The van der Waals surface area contributed by atoms with Crippen LogP contribution in [0.15, 0.2) is 53.6 Å². The maximum Gasteiger partial charge on any atom is 0.272 e. The van der Waals surface area contributed by atoms with Gasteiger partial charge in [0.1, 0.15) is 0 Å². The quantitative estimate of drug-likeness (QED) is 0.364. The van der Waals surface area contributed by atoms with Crippen LogP contribution in [0.3, 0.4) is 0 Å². The van der Waals surface area contributed by atoms with Gasteiger partial charge in [-0.1, -0.05) is 24.3 Å². The van der Waals surface area contributed by atoms with Crippen molar-refractivity contribution in [3.8, 4) is 0 Å². The molecule has 0 fully saturated rings. The zero-order valence-corrected chi connectivity index (χ0v) is 13.8. The Bertz CT molecular complexity index is 759. The number of hydrogen-bond donors (Lipinski definition) is 1. The zero-order chi connectivity index (χ0) is 16.1. The van der Waals surface area contributed by atoms with Crippen LogP contribution >= 0.6 is 22.6 Å². The van der Waals surface area contributed by atoms with E-state index in [4.69, 9.17) is 0 Å². The van der Waals surface area contributed by atoms with E-state index in [0.717, 1.165) is 3.57 Å². The third-order valence-corrected chi connectivity index (χ3v) is 3.86. The number of carbonyl (C=O) groups excluding carboxylic acids is 1. The first-order valence-electron chi connectivity index (χ1n) is 6.33. The number of hydrazone groups is 1. The third kappa shape index (κ3) is 3.88. The molecule has 0 aliphatic heterocycles. The fourth-order valence-corrected chi connectivity index (χ4v) is 2.38. The Kier molecular flexibility index (Phi) is 5.21. The van der Waals surface area contributed by atoms with Gasteiger partial charge in [0, 0.05) is 21.3 Å². The standard InChI is InChI=1S/C15H12IN3O3/c1-10(11-5-4-6-12(9-11)19(21)22)17-18-15(20)13-7-2-3-8-14(13)16/h2-9H,1H3,(H,18,20)/b17-10-. The molecule has 0 atom stereocenters. The Morgan fingerprint density at radius 2 is 1.95 bits per heavy atom. The minimum absolute atomic E-state index is 0.0176. The summed E-state index contributed by atoms with van der Waals surface area (Å²) in [5, 5.41) is 14.8. The van der Waals surface area contributed by atoms with Crippen molar-refractivity contribution in [2.75, 3.05) is 0 Å². The summed E-state index contributed by atoms with van der Waals surface area (Å²) in [7, 11) is 0. The molecule has 1 N–H and O–H groups in total. The Morgan fingerprint density at radius 3 is 2.64 bits per heavy atom. The number of nitro benzene ring substituents is 1. The van der Waals surface area contributed by atoms with E-state index in [1.807, 2.05) is 12.1 Å². The number of non-ortho nitro benzene ring substituents is 1. The molecule has 0 saturated heterocycles. The number of carbonyl (C=O) groups is 1. The van der Waals surface area contributed by atoms with E-state index < -0.39 is 4.92 Å². The van der Waals surface area contributed by atoms with Crippen LogP contribution in [-0.4, -0.2) is 16.5 Å². The van der Waals surface area contributed by atoms with Gasteiger partial charge in [0.25, 0.3) is 11.6 Å². The van der Waals surface area contributed by atoms with Gasteiger partial charge in [0.05, 0.1) is 16.2 Å². The molecule has 0 radical (unpaired) electrons. The highest BCUT2D eigenvalue weighted by atomic mass is 127. The van der Waals surface area contributed by atoms with Gasteiger partial charge in [-0.2, -0.15) is 5.10 Å². The van der Waals surface area contributed by atoms with Crippen LogP contribution in [0, 0.1) is 13.7 Å². The Hall–Kier alpha value is -2.29. The van der Waals surface area contributed by atoms with Gasteiger partial charge in [0.15, 0.2) is 0 Å². The first-order chi connectivity index (χ1) is 10.5. The van der Waals surface area contributed by atoms with Crippen LogP contribution in [0.5, 0.6) is 0 Å². The van der Waals surface area contributed by atoms with Gasteiger partial charge in [-0.05, 0) is 41.6 Å². The summed E-state index contributed by atoms with van der Waals surface area (Å²) >= 11 is 2.07. The number of nitrogens with one attached hydrogen (secondary N) is 1. The summed E-state index contributed by atoms with van der Waals surface area (Å²) in [4.78, 5) is 22.3. The number of halogens is 1. The third-order valence-electron chi connectivity index (χ3n) is 2.92. The monoisotopic (exact) mass is 409 g/mol. The van der Waals surface area contributed by atoms with Crippen molar-refractivity contribution in [3.05, 3.63) is 73.3 Å². The average Bonchev–Trinajstić information content (AvgIpc) is 2.52. The molecule has 2 aromatic carbocycles. The number of benzene rings is 2. The van der Waals surface area contributed by atoms with Gasteiger partial charge < -0.3 is 0 Å². The summed E-state index contributed by atoms with van der Waals surface area (Å²) in [5.41, 5.74) is 4.04. The molecule has 112 valence electrons. The Labute approximate surface area is 140 Å². The van der Waals surface area contributed by atoms with Gasteiger partial charge in [0.2, 0.25) is 0 Å². The number of rotatable bonds is 4. The van der Waals surface area contributed by atoms with Crippen LogP contribution in [0.2, 0.25) is 0 Å². The number of nitro groups is 1. The summed E-state index contributed by atoms with van der Waals surface area (Å²) in [6, 6.07) is 13.2. The predicted octanol–water partition coefficient (Wildman–Crippen LogP) is 3.35. The van der Waals surface area contributed by atoms with E-state index in [2.05, 4.69) is 33.1 Å². The van der Waals surface area contributed by atoms with E-state index in [9.17, 15) is 14.9 Å². The summed E-state index contributed by atoms with van der Waals surface area (Å²) in [5.74, 6) is -0.324. The second-order valence-electron chi connectivity index (χ2n) is 4.43. The molecular formula is C15H12IN3O3. The number of nitrogens with zero attached hydrogens (tertiary/aromatic N) is 2. The van der Waals surface area contributed by atoms with E-state index >= 15 is 0 Å². The first kappa shape index (κ1) is 16.1. The largest absolute Gasteiger partial charge is 0.272 e. The molecule has 0 bridgehead atoms. The Morgan fingerprint density at radius 1 is 1.23 bits per heavy atom. The molecule has 0 aliphatic carbocycles. The van der Waals surface area contributed by atoms with Crippen molar-refractivity contribution in [3.63, 3.8) is 0 Å². The lowest BCUT2D eigenvalue weighted by atomic mass is 10.1. The van der Waals surface area contributed by atoms with Gasteiger partial charge in [-0.15, -0.1) is 0 Å². The van der Waals surface area contributed by atoms with E-state index in [0.29, 0.717) is 16.8 Å². The molecule has 22 heavy (non-hydrogen) atoms. The minimum Gasteiger partial charge on any atom is -0.267 e. The predicted molar refractivity (Wildman–Crippen MR) is 91.9 cm³/mol. The Balaban J connectivity index is 2.16. The fraction of sp³-hybridized carbons (Fsp3) is 0.0667. The molecule has 0 heterocycles. The normalized spacial score (nSPS) is 11.1. The summed E-state index contributed by atoms with van der Waals surface area (Å²) in [6.45, 7) is 1.68. The second kappa shape index (κ2) is 7.12. The molecule has 2 rings (SSSR count). The molecule has 0 aromatic heterocycles. The van der Waals surface area contributed by atoms with E-state index in [1.54, 1.807) is 31.2 Å². The van der Waals surface area contributed by atoms with Gasteiger partial charge >= 0.3 is 0 Å². The van der Waals surface area contributed by atoms with E-state index in [1.165, 1.54) is 12.1 Å². The first-order valence-corrected chi connectivity index (χ1v) is 7.41. The second-order valence-corrected chi connectivity index (χ2v) is 5.59. The molecule has 0 aliphatic rings. The number of hydrogen-bond acceptors (Lipinski definition) is 4. The maximum atomic E-state index is 12.0. The molecular weight excluding hydrogens is 397 g/mol. The van der Waals surface area contributed by atoms with Crippen molar-refractivity contribution in [2.45, 2.75) is 6.92 Å². The lowest BCUT2D eigenvalue weighted by Gasteiger charge is -2.04. The van der Waals surface area contributed by atoms with Crippen molar-refractivity contribution >= 4 is 39.9 Å². The summed E-state index contributed by atoms with van der Waals surface area (Å²) < 4.78 is 0.820. The molecule has 0 saturated carbocycles. The van der Waals surface area contributed by atoms with Crippen LogP contribution < -0.4 is 5.43 Å². The molecule has 0 spiro atoms. The molecule has 1 amide bonds. The van der Waals surface area contributed by atoms with Crippen molar-refractivity contribution in [2.24, 2.45) is 5.10 Å².